The van der Waals surface area contributed by atoms with Crippen molar-refractivity contribution in [2.24, 2.45) is 5.10 Å². The number of nitrogens with zero attached hydrogens (tertiary/aromatic N) is 2. The number of hydrogen-bond donors (Lipinski definition) is 2. The first kappa shape index (κ1) is 14.7. The summed E-state index contributed by atoms with van der Waals surface area (Å²) in [4.78, 5) is 2.69. The normalized spacial score (nSPS) is 15.4. The Morgan fingerprint density at radius 3 is 2.45 bits per heavy atom. The number of rotatable bonds is 4. The molecule has 0 amide bonds. The lowest BCUT2D eigenvalue weighted by molar-refractivity contribution is 0.210. The highest BCUT2D eigenvalue weighted by molar-refractivity contribution is 7.89. The van der Waals surface area contributed by atoms with Gasteiger partial charge in [-0.1, -0.05) is 48.0 Å². The van der Waals surface area contributed by atoms with Crippen LogP contribution >= 0.6 is 0 Å². The fourth-order valence-electron chi connectivity index (χ4n) is 2.10. The van der Waals surface area contributed by atoms with Gasteiger partial charge in [0.05, 0.1) is 17.2 Å². The van der Waals surface area contributed by atoms with E-state index < -0.39 is 10.0 Å². The summed E-state index contributed by atoms with van der Waals surface area (Å²) in [5.74, 6) is 0. The molecule has 1 aliphatic heterocycles. The van der Waals surface area contributed by atoms with Crippen molar-refractivity contribution in [2.45, 2.75) is 11.8 Å². The molecule has 22 heavy (non-hydrogen) atoms. The first-order chi connectivity index (χ1) is 10.5. The molecular formula is C15H16N4O2S. The Morgan fingerprint density at radius 2 is 1.77 bits per heavy atom. The molecule has 0 spiro atoms. The van der Waals surface area contributed by atoms with Crippen molar-refractivity contribution in [1.82, 2.24) is 15.5 Å². The van der Waals surface area contributed by atoms with E-state index in [4.69, 9.17) is 0 Å². The maximum Gasteiger partial charge on any atom is 0.254 e. The molecular weight excluding hydrogens is 300 g/mol. The second-order valence-corrected chi connectivity index (χ2v) is 6.68. The fraction of sp³-hybridized carbons (Fsp3) is 0.133. The second-order valence-electron chi connectivity index (χ2n) is 5.02. The number of hydrogen-bond acceptors (Lipinski definition) is 5. The molecule has 0 saturated carbocycles. The molecule has 1 aliphatic rings. The van der Waals surface area contributed by atoms with E-state index in [0.29, 0.717) is 6.54 Å². The van der Waals surface area contributed by atoms with Gasteiger partial charge in [0.25, 0.3) is 10.0 Å². The zero-order chi connectivity index (χ0) is 15.6. The van der Waals surface area contributed by atoms with E-state index in [1.54, 1.807) is 24.3 Å². The maximum absolute atomic E-state index is 12.3. The van der Waals surface area contributed by atoms with Crippen molar-refractivity contribution in [3.8, 4) is 0 Å². The Labute approximate surface area is 129 Å². The Morgan fingerprint density at radius 1 is 1.09 bits per heavy atom. The van der Waals surface area contributed by atoms with Crippen molar-refractivity contribution in [3.05, 3.63) is 65.7 Å². The number of hydrazone groups is 1. The number of hydrazine groups is 2. The van der Waals surface area contributed by atoms with Gasteiger partial charge in [-0.3, -0.25) is 0 Å². The van der Waals surface area contributed by atoms with Gasteiger partial charge in [0.1, 0.15) is 0 Å². The fourth-order valence-corrected chi connectivity index (χ4v) is 3.09. The highest BCUT2D eigenvalue weighted by atomic mass is 32.2. The number of nitrogens with one attached hydrogen (secondary N) is 2. The number of sulfonamides is 1. The quantitative estimate of drug-likeness (QED) is 0.894. The smallest absolute Gasteiger partial charge is 0.225 e. The van der Waals surface area contributed by atoms with Crippen molar-refractivity contribution in [2.75, 3.05) is 6.54 Å². The second kappa shape index (κ2) is 5.88. The van der Waals surface area contributed by atoms with Crippen LogP contribution in [0.1, 0.15) is 11.1 Å². The van der Waals surface area contributed by atoms with Gasteiger partial charge < -0.3 is 0 Å². The van der Waals surface area contributed by atoms with E-state index in [-0.39, 0.29) is 4.90 Å². The molecule has 114 valence electrons. The molecule has 0 atom stereocenters. The van der Waals surface area contributed by atoms with E-state index in [9.17, 15) is 8.42 Å². The van der Waals surface area contributed by atoms with Crippen LogP contribution in [-0.2, 0) is 10.0 Å². The Hall–Kier alpha value is -2.22. The van der Waals surface area contributed by atoms with Crippen molar-refractivity contribution in [1.29, 1.82) is 0 Å². The molecule has 1 heterocycles. The summed E-state index contributed by atoms with van der Waals surface area (Å²) in [7, 11) is -3.63. The lowest BCUT2D eigenvalue weighted by atomic mass is 10.1. The number of benzene rings is 2. The topological polar surface area (TPSA) is 73.8 Å². The minimum Gasteiger partial charge on any atom is -0.225 e. The van der Waals surface area contributed by atoms with Crippen LogP contribution in [-0.4, -0.2) is 25.8 Å². The molecule has 0 bridgehead atoms. The number of aryl methyl sites for hydroxylation is 1. The average Bonchev–Trinajstić information content (AvgIpc) is 2.96. The third-order valence-electron chi connectivity index (χ3n) is 3.28. The van der Waals surface area contributed by atoms with Crippen molar-refractivity contribution in [3.63, 3.8) is 0 Å². The third kappa shape index (κ3) is 3.16. The molecule has 0 unspecified atom stereocenters. The molecule has 0 radical (unpaired) electrons. The predicted molar refractivity (Wildman–Crippen MR) is 84.3 cm³/mol. The van der Waals surface area contributed by atoms with E-state index in [0.717, 1.165) is 16.8 Å². The van der Waals surface area contributed by atoms with Crippen LogP contribution in [0.4, 0.5) is 0 Å². The zero-order valence-corrected chi connectivity index (χ0v) is 12.8. The van der Waals surface area contributed by atoms with Gasteiger partial charge in [-0.2, -0.15) is 5.10 Å². The van der Waals surface area contributed by atoms with E-state index in [1.165, 1.54) is 5.12 Å². The minimum atomic E-state index is -3.63. The van der Waals surface area contributed by atoms with Crippen molar-refractivity contribution < 1.29 is 8.42 Å². The Bertz CT molecular complexity index is 786. The first-order valence-corrected chi connectivity index (χ1v) is 8.27. The first-order valence-electron chi connectivity index (χ1n) is 6.79. The molecule has 3 rings (SSSR count). The standard InChI is InChI=1S/C15H16N4O2S/c1-12-7-9-14(10-8-12)22(20,21)18-19-11-15(16-17-19)13-5-3-2-4-6-13/h2-10,17-18H,11H2,1H3. The molecule has 0 saturated heterocycles. The summed E-state index contributed by atoms with van der Waals surface area (Å²) in [6.07, 6.45) is 0. The van der Waals surface area contributed by atoms with Crippen LogP contribution < -0.4 is 10.4 Å². The molecule has 6 nitrogen and oxygen atoms in total. The zero-order valence-electron chi connectivity index (χ0n) is 12.0. The lowest BCUT2D eigenvalue weighted by Crippen LogP contribution is -2.46. The van der Waals surface area contributed by atoms with Gasteiger partial charge >= 0.3 is 0 Å². The van der Waals surface area contributed by atoms with Gasteiger partial charge in [0.15, 0.2) is 0 Å². The molecule has 2 aromatic carbocycles. The summed E-state index contributed by atoms with van der Waals surface area (Å²) in [6, 6.07) is 16.3. The average molecular weight is 316 g/mol. The largest absolute Gasteiger partial charge is 0.254 e. The van der Waals surface area contributed by atoms with Crippen LogP contribution in [0.2, 0.25) is 0 Å². The molecule has 2 aromatic rings. The van der Waals surface area contributed by atoms with Crippen LogP contribution in [0, 0.1) is 6.92 Å². The van der Waals surface area contributed by atoms with Gasteiger partial charge in [-0.15, -0.1) is 9.95 Å². The lowest BCUT2D eigenvalue weighted by Gasteiger charge is -2.16. The van der Waals surface area contributed by atoms with Crippen LogP contribution in [0.3, 0.4) is 0 Å². The minimum absolute atomic E-state index is 0.216. The maximum atomic E-state index is 12.3. The molecule has 7 heteroatoms. The van der Waals surface area contributed by atoms with E-state index in [1.807, 2.05) is 37.3 Å². The molecule has 0 fully saturated rings. The molecule has 0 aromatic heterocycles. The summed E-state index contributed by atoms with van der Waals surface area (Å²) >= 11 is 0. The van der Waals surface area contributed by atoms with E-state index >= 15 is 0 Å². The monoisotopic (exact) mass is 316 g/mol. The Balaban J connectivity index is 1.69. The molecule has 2 N–H and O–H groups in total. The van der Waals surface area contributed by atoms with Crippen LogP contribution in [0.15, 0.2) is 64.6 Å². The highest BCUT2D eigenvalue weighted by Gasteiger charge is 2.23. The van der Waals surface area contributed by atoms with Gasteiger partial charge in [0, 0.05) is 0 Å². The summed E-state index contributed by atoms with van der Waals surface area (Å²) < 4.78 is 24.6. The van der Waals surface area contributed by atoms with Crippen molar-refractivity contribution >= 4 is 15.7 Å². The van der Waals surface area contributed by atoms with E-state index in [2.05, 4.69) is 15.5 Å². The Kier molecular flexibility index (Phi) is 3.93. The van der Waals surface area contributed by atoms with Gasteiger partial charge in [0.2, 0.25) is 0 Å². The van der Waals surface area contributed by atoms with Gasteiger partial charge in [-0.05, 0) is 24.6 Å². The van der Waals surface area contributed by atoms with Gasteiger partial charge in [-0.25, -0.2) is 14.0 Å². The highest BCUT2D eigenvalue weighted by Crippen LogP contribution is 2.11. The van der Waals surface area contributed by atoms with Crippen LogP contribution in [0.25, 0.3) is 0 Å². The summed E-state index contributed by atoms with van der Waals surface area (Å²) in [6.45, 7) is 2.25. The molecule has 0 aliphatic carbocycles. The van der Waals surface area contributed by atoms with Crippen LogP contribution in [0.5, 0.6) is 0 Å². The third-order valence-corrected chi connectivity index (χ3v) is 4.64. The summed E-state index contributed by atoms with van der Waals surface area (Å²) in [5, 5.41) is 5.49. The summed E-state index contributed by atoms with van der Waals surface area (Å²) in [5.41, 5.74) is 5.40. The SMILES string of the molecule is Cc1ccc(S(=O)(=O)NN2CC(c3ccccc3)=NN2)cc1. The predicted octanol–water partition coefficient (Wildman–Crippen LogP) is 1.41.